The van der Waals surface area contributed by atoms with Gasteiger partial charge in [0.05, 0.1) is 26.4 Å². The zero-order valence-electron chi connectivity index (χ0n) is 60.3. The molecular formula is C77H140O16P2. The van der Waals surface area contributed by atoms with Gasteiger partial charge in [0.15, 0.2) is 6.10 Å². The first-order valence-corrected chi connectivity index (χ1v) is 41.2. The number of rotatable bonds is 73. The first kappa shape index (κ1) is 92.0. The number of phosphoric acid groups is 2. The molecular weight excluding hydrogens is 1240 g/mol. The summed E-state index contributed by atoms with van der Waals surface area (Å²) in [7, 11) is -9.76. The van der Waals surface area contributed by atoms with Crippen LogP contribution in [0.1, 0.15) is 342 Å². The van der Waals surface area contributed by atoms with Crippen LogP contribution in [0.25, 0.3) is 0 Å². The van der Waals surface area contributed by atoms with Gasteiger partial charge in [-0.15, -0.1) is 0 Å². The summed E-state index contributed by atoms with van der Waals surface area (Å²) in [4.78, 5) is 58.4. The van der Waals surface area contributed by atoms with Crippen molar-refractivity contribution in [2.45, 2.75) is 360 Å². The topological polar surface area (TPSA) is 231 Å². The Morgan fingerprint density at radius 3 is 0.905 bits per heavy atom. The third kappa shape index (κ3) is 72.1. The highest BCUT2D eigenvalue weighted by Crippen LogP contribution is 2.45. The van der Waals surface area contributed by atoms with Gasteiger partial charge in [-0.25, -0.2) is 9.13 Å². The molecule has 0 heterocycles. The largest absolute Gasteiger partial charge is 0.472 e. The summed E-state index contributed by atoms with van der Waals surface area (Å²) >= 11 is 0. The summed E-state index contributed by atoms with van der Waals surface area (Å²) < 4.78 is 61.0. The lowest BCUT2D eigenvalue weighted by Crippen LogP contribution is -2.30. The van der Waals surface area contributed by atoms with E-state index in [1.165, 1.54) is 167 Å². The molecule has 0 rings (SSSR count). The third-order valence-electron chi connectivity index (χ3n) is 16.4. The monoisotopic (exact) mass is 1380 g/mol. The maximum atomic E-state index is 12.9. The minimum atomic E-state index is -4.92. The van der Waals surface area contributed by atoms with E-state index < -0.39 is 91.5 Å². The molecule has 5 atom stereocenters. The van der Waals surface area contributed by atoms with Crippen molar-refractivity contribution in [3.63, 3.8) is 0 Å². The van der Waals surface area contributed by atoms with Gasteiger partial charge in [0.25, 0.3) is 0 Å². The number of ether oxygens (including phenoxy) is 3. The molecule has 0 spiro atoms. The third-order valence-corrected chi connectivity index (χ3v) is 18.3. The van der Waals surface area contributed by atoms with Crippen LogP contribution in [0.5, 0.6) is 0 Å². The molecule has 0 radical (unpaired) electrons. The number of phosphoric ester groups is 2. The van der Waals surface area contributed by atoms with Gasteiger partial charge in [-0.3, -0.25) is 32.5 Å². The normalized spacial score (nSPS) is 14.5. The Balaban J connectivity index is 4.31. The van der Waals surface area contributed by atoms with E-state index in [0.717, 1.165) is 116 Å². The van der Waals surface area contributed by atoms with Crippen LogP contribution in [0.4, 0.5) is 0 Å². The molecule has 0 fully saturated rings. The molecule has 554 valence electrons. The van der Waals surface area contributed by atoms with E-state index in [-0.39, 0.29) is 19.3 Å². The fourth-order valence-corrected chi connectivity index (χ4v) is 12.2. The van der Waals surface area contributed by atoms with Gasteiger partial charge in [0.2, 0.25) is 0 Å². The van der Waals surface area contributed by atoms with Gasteiger partial charge in [0.1, 0.15) is 25.4 Å². The summed E-state index contributed by atoms with van der Waals surface area (Å²) in [6.07, 6.45) is 76.9. The standard InChI is InChI=1S/C77H140O16P2/c1-4-7-10-13-16-19-22-25-26-27-28-29-30-31-32-33-34-35-36-37-38-39-40-41-42-43-44-47-49-51-54-57-60-63-75(80)87-66-72(78)67-89-94(83,84)90-68-73(79)69-91-95(85,86)92-71-74(93-77(82)65-62-59-56-53-50-46-24-21-18-15-12-9-6-3)70-88-76(81)64-61-58-55-52-48-45-23-20-17-14-11-8-5-2/h7,10,16,19-20,23,25-26,28-29,31-32,72-74,78-79H,4-6,8-9,11-15,17-18,21-22,24,27,30,33-71H2,1-3H3,(H,83,84)(H,85,86)/b10-7-,19-16-,23-20-,26-25-,29-28-,32-31-. The maximum absolute atomic E-state index is 12.9. The molecule has 95 heavy (non-hydrogen) atoms. The molecule has 0 aromatic heterocycles. The summed E-state index contributed by atoms with van der Waals surface area (Å²) in [5.41, 5.74) is 0. The molecule has 0 aliphatic rings. The Bertz CT molecular complexity index is 2020. The number of esters is 3. The van der Waals surface area contributed by atoms with Crippen LogP contribution < -0.4 is 0 Å². The SMILES string of the molecule is CC/C=C\C/C=C\C/C=C\C/C=C\C/C=C\CCCCCCCCCCCCCCCCCCCC(=O)OCC(O)COP(=O)(O)OCC(O)COP(=O)(O)OCC(COC(=O)CCCCCCC/C=C\CCCCCC)OC(=O)CCCCCCCCCCCCCCC. The molecule has 18 heteroatoms. The van der Waals surface area contributed by atoms with Gasteiger partial charge in [-0.05, 0) is 89.9 Å². The Kier molecular flexibility index (Phi) is 68.6. The highest BCUT2D eigenvalue weighted by atomic mass is 31.2. The van der Waals surface area contributed by atoms with E-state index in [2.05, 4.69) is 93.7 Å². The number of aliphatic hydroxyl groups is 2. The summed E-state index contributed by atoms with van der Waals surface area (Å²) in [5.74, 6) is -1.56. The van der Waals surface area contributed by atoms with Gasteiger partial charge in [-0.2, -0.15) is 0 Å². The zero-order valence-corrected chi connectivity index (χ0v) is 62.1. The number of hydrogen-bond acceptors (Lipinski definition) is 14. The molecule has 0 aliphatic carbocycles. The van der Waals surface area contributed by atoms with Crippen LogP contribution in [0.2, 0.25) is 0 Å². The summed E-state index contributed by atoms with van der Waals surface area (Å²) in [6, 6.07) is 0. The van der Waals surface area contributed by atoms with Crippen LogP contribution in [0.15, 0.2) is 72.9 Å². The van der Waals surface area contributed by atoms with Crippen molar-refractivity contribution in [2.75, 3.05) is 39.6 Å². The predicted octanol–water partition coefficient (Wildman–Crippen LogP) is 21.9. The maximum Gasteiger partial charge on any atom is 0.472 e. The molecule has 0 aromatic rings. The highest BCUT2D eigenvalue weighted by Gasteiger charge is 2.29. The molecule has 4 N–H and O–H groups in total. The summed E-state index contributed by atoms with van der Waals surface area (Å²) in [5, 5.41) is 20.6. The van der Waals surface area contributed by atoms with Crippen molar-refractivity contribution < 1.29 is 75.8 Å². The smallest absolute Gasteiger partial charge is 0.463 e. The van der Waals surface area contributed by atoms with Crippen LogP contribution in [-0.2, 0) is 55.8 Å². The number of hydrogen-bond donors (Lipinski definition) is 4. The number of unbranched alkanes of at least 4 members (excludes halogenated alkanes) is 38. The molecule has 0 aromatic carbocycles. The fourth-order valence-electron chi connectivity index (χ4n) is 10.6. The van der Waals surface area contributed by atoms with E-state index in [9.17, 15) is 43.5 Å². The predicted molar refractivity (Wildman–Crippen MR) is 390 cm³/mol. The van der Waals surface area contributed by atoms with E-state index in [0.29, 0.717) is 19.3 Å². The van der Waals surface area contributed by atoms with Crippen molar-refractivity contribution in [1.29, 1.82) is 0 Å². The van der Waals surface area contributed by atoms with Crippen molar-refractivity contribution in [1.82, 2.24) is 0 Å². The van der Waals surface area contributed by atoms with Crippen molar-refractivity contribution in [3.05, 3.63) is 72.9 Å². The van der Waals surface area contributed by atoms with Gasteiger partial charge < -0.3 is 34.2 Å². The van der Waals surface area contributed by atoms with E-state index in [1.54, 1.807) is 0 Å². The van der Waals surface area contributed by atoms with Crippen LogP contribution in [0.3, 0.4) is 0 Å². The zero-order chi connectivity index (χ0) is 69.5. The quantitative estimate of drug-likeness (QED) is 0.0146. The molecule has 0 saturated heterocycles. The number of carbonyl (C=O) groups excluding carboxylic acids is 3. The van der Waals surface area contributed by atoms with Crippen molar-refractivity contribution in [2.24, 2.45) is 0 Å². The minimum absolute atomic E-state index is 0.110. The van der Waals surface area contributed by atoms with Crippen LogP contribution >= 0.6 is 15.6 Å². The molecule has 0 amide bonds. The van der Waals surface area contributed by atoms with Crippen LogP contribution in [-0.4, -0.2) is 95.9 Å². The van der Waals surface area contributed by atoms with Gasteiger partial charge >= 0.3 is 33.6 Å². The minimum Gasteiger partial charge on any atom is -0.463 e. The Morgan fingerprint density at radius 2 is 0.558 bits per heavy atom. The second-order valence-electron chi connectivity index (χ2n) is 25.8. The summed E-state index contributed by atoms with van der Waals surface area (Å²) in [6.45, 7) is 2.58. The Labute approximate surface area is 579 Å². The van der Waals surface area contributed by atoms with E-state index >= 15 is 0 Å². The fraction of sp³-hybridized carbons (Fsp3) is 0.805. The number of carbonyl (C=O) groups is 3. The lowest BCUT2D eigenvalue weighted by molar-refractivity contribution is -0.161. The average Bonchev–Trinajstić information content (AvgIpc) is 2.18. The lowest BCUT2D eigenvalue weighted by atomic mass is 10.0. The van der Waals surface area contributed by atoms with Gasteiger partial charge in [-0.1, -0.05) is 306 Å². The second kappa shape index (κ2) is 70.8. The molecule has 0 saturated carbocycles. The number of aliphatic hydroxyl groups excluding tert-OH is 2. The van der Waals surface area contributed by atoms with Crippen LogP contribution in [0, 0.1) is 0 Å². The van der Waals surface area contributed by atoms with Gasteiger partial charge in [0, 0.05) is 19.3 Å². The second-order valence-corrected chi connectivity index (χ2v) is 28.7. The first-order valence-electron chi connectivity index (χ1n) is 38.2. The highest BCUT2D eigenvalue weighted by molar-refractivity contribution is 7.47. The average molecular weight is 1380 g/mol. The Morgan fingerprint density at radius 1 is 0.305 bits per heavy atom. The van der Waals surface area contributed by atoms with E-state index in [4.69, 9.17) is 32.3 Å². The van der Waals surface area contributed by atoms with Crippen molar-refractivity contribution in [3.8, 4) is 0 Å². The first-order chi connectivity index (χ1) is 46.2. The Hall–Kier alpha value is -3.01. The van der Waals surface area contributed by atoms with E-state index in [1.807, 2.05) is 0 Å². The lowest BCUT2D eigenvalue weighted by Gasteiger charge is -2.21. The molecule has 5 unspecified atom stereocenters. The molecule has 0 bridgehead atoms. The molecule has 16 nitrogen and oxygen atoms in total. The molecule has 0 aliphatic heterocycles. The van der Waals surface area contributed by atoms with Crippen molar-refractivity contribution >= 4 is 33.6 Å². The number of allylic oxidation sites excluding steroid dienone is 12.